The monoisotopic (exact) mass is 165 g/mol. The summed E-state index contributed by atoms with van der Waals surface area (Å²) in [6.07, 6.45) is 0. The fourth-order valence-electron chi connectivity index (χ4n) is 1.29. The standard InChI is InChI=1S/C9H11NS/c1-6-4-5-8-9(7(6)2)11-10(8)3/h4-5H,1-3H3. The van der Waals surface area contributed by atoms with Gasteiger partial charge in [0.15, 0.2) is 0 Å². The van der Waals surface area contributed by atoms with Crippen molar-refractivity contribution < 1.29 is 0 Å². The highest BCUT2D eigenvalue weighted by atomic mass is 32.1. The maximum atomic E-state index is 2.20. The Morgan fingerprint density at radius 3 is 2.64 bits per heavy atom. The molecule has 0 saturated heterocycles. The maximum Gasteiger partial charge on any atom is 0.0719 e. The number of aryl methyl sites for hydroxylation is 3. The molecule has 0 spiro atoms. The first kappa shape index (κ1) is 6.92. The molecule has 0 unspecified atom stereocenters. The topological polar surface area (TPSA) is 4.93 Å². The third-order valence-electron chi connectivity index (χ3n) is 2.22. The number of rotatable bonds is 0. The quantitative estimate of drug-likeness (QED) is 0.565. The first-order chi connectivity index (χ1) is 5.20. The minimum atomic E-state index is 1.37. The summed E-state index contributed by atoms with van der Waals surface area (Å²) >= 11 is 1.83. The molecule has 2 rings (SSSR count). The minimum absolute atomic E-state index is 1.37. The average Bonchev–Trinajstić information content (AvgIpc) is 1.96. The van der Waals surface area contributed by atoms with Gasteiger partial charge >= 0.3 is 0 Å². The molecule has 1 aromatic heterocycles. The number of hydrogen-bond donors (Lipinski definition) is 0. The first-order valence-corrected chi connectivity index (χ1v) is 4.49. The molecule has 0 N–H and O–H groups in total. The van der Waals surface area contributed by atoms with Gasteiger partial charge in [0.05, 0.1) is 10.2 Å². The van der Waals surface area contributed by atoms with Crippen molar-refractivity contribution in [2.75, 3.05) is 0 Å². The van der Waals surface area contributed by atoms with E-state index in [4.69, 9.17) is 0 Å². The summed E-state index contributed by atoms with van der Waals surface area (Å²) in [5.41, 5.74) is 4.20. The molecular formula is C9H11NS. The molecule has 0 saturated carbocycles. The lowest BCUT2D eigenvalue weighted by Crippen LogP contribution is -1.95. The van der Waals surface area contributed by atoms with Crippen molar-refractivity contribution in [1.82, 2.24) is 3.96 Å². The third-order valence-corrected chi connectivity index (χ3v) is 3.39. The minimum Gasteiger partial charge on any atom is -0.299 e. The summed E-state index contributed by atoms with van der Waals surface area (Å²) in [5, 5.41) is 0. The predicted octanol–water partition coefficient (Wildman–Crippen LogP) is 2.86. The SMILES string of the molecule is Cc1ccc2c(sn2C)c1C. The number of hydrogen-bond acceptors (Lipinski definition) is 1. The van der Waals surface area contributed by atoms with Gasteiger partial charge in [0.25, 0.3) is 0 Å². The predicted molar refractivity (Wildman–Crippen MR) is 50.3 cm³/mol. The summed E-state index contributed by atoms with van der Waals surface area (Å²) in [7, 11) is 2.10. The molecular weight excluding hydrogens is 154 g/mol. The van der Waals surface area contributed by atoms with E-state index in [1.54, 1.807) is 0 Å². The molecule has 0 fully saturated rings. The van der Waals surface area contributed by atoms with Gasteiger partial charge in [-0.25, -0.2) is 0 Å². The van der Waals surface area contributed by atoms with E-state index < -0.39 is 0 Å². The number of aromatic nitrogens is 1. The van der Waals surface area contributed by atoms with Gasteiger partial charge in [-0.1, -0.05) is 17.6 Å². The molecule has 58 valence electrons. The molecule has 1 nitrogen and oxygen atoms in total. The Kier molecular flexibility index (Phi) is 1.33. The van der Waals surface area contributed by atoms with Crippen LogP contribution in [0.25, 0.3) is 10.2 Å². The Bertz CT molecular complexity index is 395. The van der Waals surface area contributed by atoms with Gasteiger partial charge in [-0.2, -0.15) is 0 Å². The molecule has 1 heterocycles. The summed E-state index contributed by atoms with van der Waals surface area (Å²) in [6.45, 7) is 4.35. The van der Waals surface area contributed by atoms with Crippen LogP contribution in [0.4, 0.5) is 0 Å². The summed E-state index contributed by atoms with van der Waals surface area (Å²) < 4.78 is 3.65. The van der Waals surface area contributed by atoms with Crippen molar-refractivity contribution in [2.45, 2.75) is 13.8 Å². The van der Waals surface area contributed by atoms with Crippen molar-refractivity contribution in [3.63, 3.8) is 0 Å². The van der Waals surface area contributed by atoms with E-state index in [2.05, 4.69) is 37.0 Å². The van der Waals surface area contributed by atoms with Gasteiger partial charge in [-0.3, -0.25) is 3.96 Å². The molecule has 0 aliphatic carbocycles. The van der Waals surface area contributed by atoms with Gasteiger partial charge in [0.2, 0.25) is 0 Å². The molecule has 1 aromatic carbocycles. The van der Waals surface area contributed by atoms with Crippen LogP contribution in [0, 0.1) is 13.8 Å². The van der Waals surface area contributed by atoms with E-state index in [0.717, 1.165) is 0 Å². The maximum absolute atomic E-state index is 2.20. The highest BCUT2D eigenvalue weighted by molar-refractivity contribution is 7.16. The zero-order valence-corrected chi connectivity index (χ0v) is 7.83. The van der Waals surface area contributed by atoms with Crippen LogP contribution in [0.2, 0.25) is 0 Å². The highest BCUT2D eigenvalue weighted by Gasteiger charge is 2.06. The Balaban J connectivity index is 2.80. The number of benzene rings is 1. The molecule has 2 heteroatoms. The summed E-state index contributed by atoms with van der Waals surface area (Å²) in [5.74, 6) is 0. The zero-order chi connectivity index (χ0) is 8.01. The molecule has 0 amide bonds. The van der Waals surface area contributed by atoms with Crippen LogP contribution in [-0.2, 0) is 7.05 Å². The smallest absolute Gasteiger partial charge is 0.0719 e. The molecule has 2 aromatic rings. The van der Waals surface area contributed by atoms with Gasteiger partial charge in [-0.05, 0) is 31.0 Å². The van der Waals surface area contributed by atoms with Crippen LogP contribution in [0.1, 0.15) is 11.1 Å². The van der Waals surface area contributed by atoms with E-state index in [-0.39, 0.29) is 0 Å². The fraction of sp³-hybridized carbons (Fsp3) is 0.333. The average molecular weight is 165 g/mol. The number of fused-ring (bicyclic) bond motifs is 1. The van der Waals surface area contributed by atoms with Gasteiger partial charge in [-0.15, -0.1) is 0 Å². The van der Waals surface area contributed by atoms with E-state index in [1.165, 1.54) is 21.3 Å². The Morgan fingerprint density at radius 2 is 2.00 bits per heavy atom. The van der Waals surface area contributed by atoms with Gasteiger partial charge in [0, 0.05) is 7.05 Å². The van der Waals surface area contributed by atoms with E-state index in [0.29, 0.717) is 0 Å². The second-order valence-corrected chi connectivity index (χ2v) is 4.08. The van der Waals surface area contributed by atoms with Crippen molar-refractivity contribution >= 4 is 21.7 Å². The van der Waals surface area contributed by atoms with Crippen molar-refractivity contribution in [3.05, 3.63) is 23.3 Å². The van der Waals surface area contributed by atoms with Crippen molar-refractivity contribution in [1.29, 1.82) is 0 Å². The Hall–Kier alpha value is -0.760. The fourth-order valence-corrected chi connectivity index (χ4v) is 2.27. The van der Waals surface area contributed by atoms with Crippen LogP contribution in [0.15, 0.2) is 12.1 Å². The lowest BCUT2D eigenvalue weighted by molar-refractivity contribution is 1.06. The zero-order valence-electron chi connectivity index (χ0n) is 7.01. The second-order valence-electron chi connectivity index (χ2n) is 2.94. The molecule has 0 atom stereocenters. The van der Waals surface area contributed by atoms with Crippen LogP contribution >= 0.6 is 11.5 Å². The molecule has 0 aliphatic rings. The lowest BCUT2D eigenvalue weighted by Gasteiger charge is -2.12. The summed E-state index contributed by atoms with van der Waals surface area (Å²) in [4.78, 5) is 0. The van der Waals surface area contributed by atoms with E-state index in [9.17, 15) is 0 Å². The number of nitrogens with zero attached hydrogens (tertiary/aromatic N) is 1. The van der Waals surface area contributed by atoms with Gasteiger partial charge in [0.1, 0.15) is 0 Å². The second kappa shape index (κ2) is 2.11. The van der Waals surface area contributed by atoms with Crippen LogP contribution < -0.4 is 0 Å². The normalized spacial score (nSPS) is 11.2. The van der Waals surface area contributed by atoms with Crippen LogP contribution in [-0.4, -0.2) is 3.96 Å². The van der Waals surface area contributed by atoms with Crippen LogP contribution in [0.3, 0.4) is 0 Å². The highest BCUT2D eigenvalue weighted by Crippen LogP contribution is 2.28. The Morgan fingerprint density at radius 1 is 1.27 bits per heavy atom. The largest absolute Gasteiger partial charge is 0.299 e. The lowest BCUT2D eigenvalue weighted by atomic mass is 10.1. The van der Waals surface area contributed by atoms with Crippen molar-refractivity contribution in [3.8, 4) is 0 Å². The van der Waals surface area contributed by atoms with Gasteiger partial charge < -0.3 is 0 Å². The summed E-state index contributed by atoms with van der Waals surface area (Å²) in [6, 6.07) is 4.37. The Labute approximate surface area is 70.4 Å². The molecule has 0 aliphatic heterocycles. The molecule has 0 radical (unpaired) electrons. The van der Waals surface area contributed by atoms with E-state index >= 15 is 0 Å². The first-order valence-electron chi connectivity index (χ1n) is 3.72. The molecule has 11 heavy (non-hydrogen) atoms. The molecule has 0 bridgehead atoms. The van der Waals surface area contributed by atoms with Crippen molar-refractivity contribution in [2.24, 2.45) is 7.05 Å². The third kappa shape index (κ3) is 0.824. The van der Waals surface area contributed by atoms with E-state index in [1.807, 2.05) is 11.5 Å². The van der Waals surface area contributed by atoms with Crippen LogP contribution in [0.5, 0.6) is 0 Å².